The Labute approximate surface area is 141 Å². The fourth-order valence-electron chi connectivity index (χ4n) is 4.80. The predicted octanol–water partition coefficient (Wildman–Crippen LogP) is 0.823. The first-order valence-electron chi connectivity index (χ1n) is 8.29. The van der Waals surface area contributed by atoms with Gasteiger partial charge in [-0.25, -0.2) is 0 Å². The molecule has 0 aromatic heterocycles. The number of likely N-dealkylation sites (tertiary alicyclic amines) is 1. The Bertz CT molecular complexity index is 690. The fourth-order valence-corrected chi connectivity index (χ4v) is 4.80. The molecule has 6 heteroatoms. The van der Waals surface area contributed by atoms with Gasteiger partial charge in [-0.2, -0.15) is 0 Å². The molecule has 1 aliphatic heterocycles. The first kappa shape index (κ1) is 17.2. The molecular weight excluding hydrogens is 310 g/mol. The number of piperidine rings is 1. The Balaban J connectivity index is 2.32. The average molecular weight is 335 g/mol. The first-order valence-corrected chi connectivity index (χ1v) is 8.29. The van der Waals surface area contributed by atoms with Crippen LogP contribution in [-0.4, -0.2) is 62.4 Å². The van der Waals surface area contributed by atoms with Crippen molar-refractivity contribution in [2.75, 3.05) is 13.6 Å². The van der Waals surface area contributed by atoms with Crippen LogP contribution in [0.1, 0.15) is 37.3 Å². The van der Waals surface area contributed by atoms with Crippen LogP contribution in [0.25, 0.3) is 0 Å². The molecule has 132 valence electrons. The van der Waals surface area contributed by atoms with E-state index in [0.29, 0.717) is 24.1 Å². The van der Waals surface area contributed by atoms with Gasteiger partial charge in [0.15, 0.2) is 11.5 Å². The van der Waals surface area contributed by atoms with Gasteiger partial charge in [-0.3, -0.25) is 4.79 Å². The number of aliphatic hydroxyl groups is 2. The summed E-state index contributed by atoms with van der Waals surface area (Å²) in [6.07, 6.45) is -0.881. The highest BCUT2D eigenvalue weighted by Gasteiger charge is 2.65. The largest absolute Gasteiger partial charge is 0.504 e. The minimum absolute atomic E-state index is 0.0383. The van der Waals surface area contributed by atoms with Crippen molar-refractivity contribution in [3.8, 4) is 11.5 Å². The quantitative estimate of drug-likeness (QED) is 0.567. The molecule has 0 radical (unpaired) electrons. The first-order chi connectivity index (χ1) is 11.1. The molecule has 24 heavy (non-hydrogen) atoms. The van der Waals surface area contributed by atoms with E-state index in [2.05, 4.69) is 0 Å². The summed E-state index contributed by atoms with van der Waals surface area (Å²) in [5, 5.41) is 42.8. The van der Waals surface area contributed by atoms with Gasteiger partial charge < -0.3 is 25.3 Å². The van der Waals surface area contributed by atoms with Gasteiger partial charge in [-0.05, 0) is 45.5 Å². The highest BCUT2D eigenvalue weighted by Crippen LogP contribution is 2.56. The number of ketones is 1. The fraction of sp³-hybridized carbons (Fsp3) is 0.611. The SMILES string of the molecule is Cc1ccc(O)c(O)c1C12CCN(C)C(C)C1(O)C(O)CC(=O)C2. The zero-order valence-corrected chi connectivity index (χ0v) is 14.3. The van der Waals surface area contributed by atoms with Gasteiger partial charge in [0.05, 0.1) is 6.10 Å². The maximum atomic E-state index is 12.3. The van der Waals surface area contributed by atoms with Crippen LogP contribution in [0.4, 0.5) is 0 Å². The number of nitrogens with zero attached hydrogens (tertiary/aromatic N) is 1. The molecule has 6 nitrogen and oxygen atoms in total. The molecule has 4 atom stereocenters. The standard InChI is InChI=1S/C18H25NO5/c1-10-4-5-13(21)16(23)15(10)17-6-7-19(3)11(2)18(17,24)14(22)8-12(20)9-17/h4-5,11,14,21-24H,6-9H2,1-3H3. The number of Topliss-reactive ketones (excluding diaryl/α,β-unsaturated/α-hetero) is 1. The van der Waals surface area contributed by atoms with Crippen molar-refractivity contribution in [1.29, 1.82) is 0 Å². The Kier molecular flexibility index (Phi) is 3.90. The predicted molar refractivity (Wildman–Crippen MR) is 88.1 cm³/mol. The molecule has 1 aromatic carbocycles. The summed E-state index contributed by atoms with van der Waals surface area (Å²) in [6.45, 7) is 4.21. The molecular formula is C18H25NO5. The van der Waals surface area contributed by atoms with Gasteiger partial charge in [0, 0.05) is 29.9 Å². The van der Waals surface area contributed by atoms with Crippen LogP contribution in [0.2, 0.25) is 0 Å². The number of phenols is 2. The Hall–Kier alpha value is -1.63. The number of aromatic hydroxyl groups is 2. The van der Waals surface area contributed by atoms with E-state index in [4.69, 9.17) is 0 Å². The van der Waals surface area contributed by atoms with Crippen molar-refractivity contribution >= 4 is 5.78 Å². The third kappa shape index (κ3) is 2.03. The minimum atomic E-state index is -1.59. The van der Waals surface area contributed by atoms with E-state index >= 15 is 0 Å². The number of carbonyl (C=O) groups is 1. The second-order valence-corrected chi connectivity index (χ2v) is 7.37. The van der Waals surface area contributed by atoms with E-state index in [0.717, 1.165) is 0 Å². The number of rotatable bonds is 1. The highest BCUT2D eigenvalue weighted by atomic mass is 16.3. The summed E-state index contributed by atoms with van der Waals surface area (Å²) in [6, 6.07) is 2.65. The molecule has 0 bridgehead atoms. The van der Waals surface area contributed by atoms with Crippen LogP contribution in [-0.2, 0) is 10.2 Å². The van der Waals surface area contributed by atoms with E-state index in [1.807, 2.05) is 18.9 Å². The number of hydrogen-bond donors (Lipinski definition) is 4. The molecule has 1 heterocycles. The molecule has 2 aliphatic rings. The molecule has 0 spiro atoms. The molecule has 0 amide bonds. The van der Waals surface area contributed by atoms with Crippen molar-refractivity contribution in [1.82, 2.24) is 4.90 Å². The Morgan fingerprint density at radius 2 is 1.96 bits per heavy atom. The molecule has 2 fully saturated rings. The van der Waals surface area contributed by atoms with Crippen LogP contribution in [0.15, 0.2) is 12.1 Å². The monoisotopic (exact) mass is 335 g/mol. The van der Waals surface area contributed by atoms with E-state index < -0.39 is 23.2 Å². The Morgan fingerprint density at radius 1 is 1.29 bits per heavy atom. The number of likely N-dealkylation sites (N-methyl/N-ethyl adjacent to an activating group) is 1. The number of hydrogen-bond acceptors (Lipinski definition) is 6. The van der Waals surface area contributed by atoms with E-state index in [9.17, 15) is 25.2 Å². The zero-order chi connectivity index (χ0) is 17.9. The van der Waals surface area contributed by atoms with Crippen molar-refractivity contribution in [2.45, 2.75) is 56.3 Å². The van der Waals surface area contributed by atoms with Crippen molar-refractivity contribution in [2.24, 2.45) is 0 Å². The second-order valence-electron chi connectivity index (χ2n) is 7.37. The van der Waals surface area contributed by atoms with E-state index in [1.165, 1.54) is 6.07 Å². The van der Waals surface area contributed by atoms with Gasteiger partial charge >= 0.3 is 0 Å². The van der Waals surface area contributed by atoms with Crippen molar-refractivity contribution < 1.29 is 25.2 Å². The lowest BCUT2D eigenvalue weighted by Gasteiger charge is -2.60. The topological polar surface area (TPSA) is 101 Å². The number of carbonyl (C=O) groups excluding carboxylic acids is 1. The molecule has 1 saturated heterocycles. The smallest absolute Gasteiger partial charge is 0.161 e. The van der Waals surface area contributed by atoms with Crippen LogP contribution in [0.3, 0.4) is 0 Å². The third-order valence-electron chi connectivity index (χ3n) is 6.23. The zero-order valence-electron chi connectivity index (χ0n) is 14.3. The van der Waals surface area contributed by atoms with Gasteiger partial charge in [0.2, 0.25) is 0 Å². The normalized spacial score (nSPS) is 37.3. The molecule has 4 unspecified atom stereocenters. The van der Waals surface area contributed by atoms with Crippen LogP contribution >= 0.6 is 0 Å². The van der Waals surface area contributed by atoms with Crippen molar-refractivity contribution in [3.05, 3.63) is 23.3 Å². The van der Waals surface area contributed by atoms with Gasteiger partial charge in [0.1, 0.15) is 11.4 Å². The number of aliphatic hydroxyl groups excluding tert-OH is 1. The summed E-state index contributed by atoms with van der Waals surface area (Å²) in [7, 11) is 1.87. The molecule has 3 rings (SSSR count). The van der Waals surface area contributed by atoms with Crippen LogP contribution in [0, 0.1) is 6.92 Å². The summed E-state index contributed by atoms with van der Waals surface area (Å²) in [5.41, 5.74) is -1.66. The maximum Gasteiger partial charge on any atom is 0.161 e. The van der Waals surface area contributed by atoms with E-state index in [-0.39, 0.29) is 30.1 Å². The summed E-state index contributed by atoms with van der Waals surface area (Å²) in [5.74, 6) is -0.746. The molecule has 1 saturated carbocycles. The second kappa shape index (κ2) is 5.44. The number of benzene rings is 1. The summed E-state index contributed by atoms with van der Waals surface area (Å²) >= 11 is 0. The third-order valence-corrected chi connectivity index (χ3v) is 6.23. The van der Waals surface area contributed by atoms with Gasteiger partial charge in [-0.1, -0.05) is 6.07 Å². The van der Waals surface area contributed by atoms with E-state index in [1.54, 1.807) is 13.0 Å². The van der Waals surface area contributed by atoms with Crippen LogP contribution < -0.4 is 0 Å². The van der Waals surface area contributed by atoms with Crippen LogP contribution in [0.5, 0.6) is 11.5 Å². The Morgan fingerprint density at radius 3 is 2.62 bits per heavy atom. The number of fused-ring (bicyclic) bond motifs is 1. The van der Waals surface area contributed by atoms with Crippen molar-refractivity contribution in [3.63, 3.8) is 0 Å². The maximum absolute atomic E-state index is 12.3. The molecule has 1 aliphatic carbocycles. The van der Waals surface area contributed by atoms with Gasteiger partial charge in [-0.15, -0.1) is 0 Å². The minimum Gasteiger partial charge on any atom is -0.504 e. The average Bonchev–Trinajstić information content (AvgIpc) is 2.51. The summed E-state index contributed by atoms with van der Waals surface area (Å²) < 4.78 is 0. The lowest BCUT2D eigenvalue weighted by Crippen LogP contribution is -2.74. The summed E-state index contributed by atoms with van der Waals surface area (Å²) in [4.78, 5) is 14.3. The lowest BCUT2D eigenvalue weighted by molar-refractivity contribution is -0.205. The van der Waals surface area contributed by atoms with Gasteiger partial charge in [0.25, 0.3) is 0 Å². The highest BCUT2D eigenvalue weighted by molar-refractivity contribution is 5.83. The molecule has 4 N–H and O–H groups in total. The number of phenolic OH excluding ortho intramolecular Hbond substituents is 2. The molecule has 1 aromatic rings. The number of aryl methyl sites for hydroxylation is 1. The lowest BCUT2D eigenvalue weighted by atomic mass is 9.52.